The van der Waals surface area contributed by atoms with Crippen LogP contribution in [0.5, 0.6) is 0 Å². The Morgan fingerprint density at radius 3 is 2.75 bits per heavy atom. The van der Waals surface area contributed by atoms with E-state index in [9.17, 15) is 4.79 Å². The third kappa shape index (κ3) is 1.93. The van der Waals surface area contributed by atoms with Crippen molar-refractivity contribution in [2.45, 2.75) is 6.92 Å². The van der Waals surface area contributed by atoms with E-state index in [4.69, 9.17) is 5.73 Å². The van der Waals surface area contributed by atoms with Gasteiger partial charge in [-0.25, -0.2) is 0 Å². The van der Waals surface area contributed by atoms with Crippen molar-refractivity contribution in [3.05, 3.63) is 53.9 Å². The van der Waals surface area contributed by atoms with Crippen LogP contribution in [-0.2, 0) is 0 Å². The van der Waals surface area contributed by atoms with Crippen molar-refractivity contribution in [3.63, 3.8) is 0 Å². The molecule has 79 valence electrons. The van der Waals surface area contributed by atoms with Crippen molar-refractivity contribution in [1.82, 2.24) is 4.98 Å². The molecule has 1 heterocycles. The Labute approximate surface area is 93.9 Å². The topological polar surface area (TPSA) is 56.0 Å². The van der Waals surface area contributed by atoms with Gasteiger partial charge in [-0.3, -0.25) is 9.78 Å². The fourth-order valence-electron chi connectivity index (χ4n) is 1.55. The maximum absolute atomic E-state index is 11.0. The fraction of sp³-hybridized carbons (Fsp3) is 0.0769. The summed E-state index contributed by atoms with van der Waals surface area (Å²) in [5, 5.41) is 0. The molecule has 0 bridgehead atoms. The third-order valence-electron chi connectivity index (χ3n) is 2.37. The normalized spacial score (nSPS) is 10.1. The number of nitrogens with two attached hydrogens (primary N) is 1. The highest BCUT2D eigenvalue weighted by molar-refractivity contribution is 5.91. The summed E-state index contributed by atoms with van der Waals surface area (Å²) >= 11 is 0. The molecule has 3 nitrogen and oxygen atoms in total. The van der Waals surface area contributed by atoms with Gasteiger partial charge >= 0.3 is 0 Å². The predicted molar refractivity (Wildman–Crippen MR) is 61.8 cm³/mol. The van der Waals surface area contributed by atoms with Crippen LogP contribution in [0.4, 0.5) is 0 Å². The minimum atomic E-state index is -0.560. The van der Waals surface area contributed by atoms with Gasteiger partial charge in [0.2, 0.25) is 0 Å². The predicted octanol–water partition coefficient (Wildman–Crippen LogP) is 1.96. The lowest BCUT2D eigenvalue weighted by Gasteiger charge is -2.05. The standard InChI is InChI=1S/C13H11N2O/c1-9-4-2-3-5-11(9)10-6-7-15-12(8-10)13(14)16/h2-7H,1H3,(H2,14,16). The van der Waals surface area contributed by atoms with E-state index in [1.165, 1.54) is 0 Å². The average molecular weight is 211 g/mol. The van der Waals surface area contributed by atoms with Crippen molar-refractivity contribution in [1.29, 1.82) is 0 Å². The highest BCUT2D eigenvalue weighted by Crippen LogP contribution is 2.22. The van der Waals surface area contributed by atoms with Crippen LogP contribution < -0.4 is 5.73 Å². The van der Waals surface area contributed by atoms with E-state index in [1.54, 1.807) is 6.20 Å². The van der Waals surface area contributed by atoms with Gasteiger partial charge in [0.25, 0.3) is 5.91 Å². The smallest absolute Gasteiger partial charge is 0.267 e. The summed E-state index contributed by atoms with van der Waals surface area (Å²) in [6.45, 7) is 2.01. The minimum absolute atomic E-state index is 0.167. The summed E-state index contributed by atoms with van der Waals surface area (Å²) in [5.74, 6) is -0.560. The van der Waals surface area contributed by atoms with Gasteiger partial charge in [0.1, 0.15) is 5.69 Å². The number of amides is 1. The lowest BCUT2D eigenvalue weighted by Crippen LogP contribution is -2.13. The number of carbonyl (C=O) groups excluding carboxylic acids is 1. The molecule has 0 spiro atoms. The first kappa shape index (κ1) is 10.4. The van der Waals surface area contributed by atoms with Crippen LogP contribution in [-0.4, -0.2) is 10.9 Å². The molecule has 2 aromatic rings. The number of rotatable bonds is 2. The van der Waals surface area contributed by atoms with Crippen molar-refractivity contribution < 1.29 is 4.79 Å². The van der Waals surface area contributed by atoms with E-state index in [0.717, 1.165) is 16.7 Å². The second-order valence-electron chi connectivity index (χ2n) is 3.51. The van der Waals surface area contributed by atoms with Gasteiger partial charge in [0.15, 0.2) is 0 Å². The number of primary amides is 1. The Hall–Kier alpha value is -2.16. The second-order valence-corrected chi connectivity index (χ2v) is 3.51. The van der Waals surface area contributed by atoms with Gasteiger partial charge in [0.05, 0.1) is 0 Å². The Morgan fingerprint density at radius 2 is 2.06 bits per heavy atom. The molecule has 16 heavy (non-hydrogen) atoms. The molecule has 0 unspecified atom stereocenters. The lowest BCUT2D eigenvalue weighted by atomic mass is 10.0. The lowest BCUT2D eigenvalue weighted by molar-refractivity contribution is 0.0995. The van der Waals surface area contributed by atoms with E-state index in [1.807, 2.05) is 37.3 Å². The number of benzene rings is 1. The SMILES string of the molecule is Cc1ccccc1-c1[c]c(C(N)=O)ncc1. The van der Waals surface area contributed by atoms with Crippen LogP contribution in [0.15, 0.2) is 36.5 Å². The molecular formula is C13H11N2O. The number of nitrogens with zero attached hydrogens (tertiary/aromatic N) is 1. The van der Waals surface area contributed by atoms with Crippen molar-refractivity contribution in [3.8, 4) is 11.1 Å². The molecular weight excluding hydrogens is 200 g/mol. The molecule has 0 saturated heterocycles. The summed E-state index contributed by atoms with van der Waals surface area (Å²) in [6, 6.07) is 12.6. The van der Waals surface area contributed by atoms with Crippen LogP contribution in [0.2, 0.25) is 0 Å². The number of hydrogen-bond acceptors (Lipinski definition) is 2. The summed E-state index contributed by atoms with van der Waals surface area (Å²) < 4.78 is 0. The molecule has 0 aliphatic heterocycles. The zero-order valence-corrected chi connectivity index (χ0v) is 8.90. The minimum Gasteiger partial charge on any atom is -0.364 e. The molecule has 2 rings (SSSR count). The third-order valence-corrected chi connectivity index (χ3v) is 2.37. The molecule has 0 saturated carbocycles. The first-order valence-corrected chi connectivity index (χ1v) is 4.92. The Kier molecular flexibility index (Phi) is 2.68. The highest BCUT2D eigenvalue weighted by Gasteiger charge is 2.06. The summed E-state index contributed by atoms with van der Waals surface area (Å²) in [4.78, 5) is 14.9. The van der Waals surface area contributed by atoms with Gasteiger partial charge in [-0.15, -0.1) is 0 Å². The van der Waals surface area contributed by atoms with Gasteiger partial charge < -0.3 is 5.73 Å². The zero-order chi connectivity index (χ0) is 11.5. The van der Waals surface area contributed by atoms with Crippen molar-refractivity contribution >= 4 is 5.91 Å². The van der Waals surface area contributed by atoms with Crippen LogP contribution in [0, 0.1) is 13.0 Å². The first-order valence-electron chi connectivity index (χ1n) is 4.92. The molecule has 0 aliphatic rings. The van der Waals surface area contributed by atoms with Crippen LogP contribution in [0.3, 0.4) is 0 Å². The van der Waals surface area contributed by atoms with E-state index >= 15 is 0 Å². The number of aromatic nitrogens is 1. The van der Waals surface area contributed by atoms with Crippen LogP contribution >= 0.6 is 0 Å². The van der Waals surface area contributed by atoms with Crippen molar-refractivity contribution in [2.24, 2.45) is 5.73 Å². The van der Waals surface area contributed by atoms with Gasteiger partial charge in [0, 0.05) is 12.3 Å². The van der Waals surface area contributed by atoms with Gasteiger partial charge in [-0.1, -0.05) is 24.3 Å². The fourth-order valence-corrected chi connectivity index (χ4v) is 1.55. The Bertz CT molecular complexity index is 535. The van der Waals surface area contributed by atoms with Gasteiger partial charge in [-0.05, 0) is 29.7 Å². The molecule has 3 heteroatoms. The average Bonchev–Trinajstić information content (AvgIpc) is 2.30. The van der Waals surface area contributed by atoms with Crippen molar-refractivity contribution in [2.75, 3.05) is 0 Å². The van der Waals surface area contributed by atoms with Crippen LogP contribution in [0.25, 0.3) is 11.1 Å². The molecule has 0 aliphatic carbocycles. The quantitative estimate of drug-likeness (QED) is 0.825. The molecule has 1 radical (unpaired) electrons. The molecule has 1 aromatic heterocycles. The number of aryl methyl sites for hydroxylation is 1. The molecule has 1 aromatic carbocycles. The molecule has 0 fully saturated rings. The number of carbonyl (C=O) groups is 1. The maximum atomic E-state index is 11.0. The van der Waals surface area contributed by atoms with E-state index < -0.39 is 5.91 Å². The number of pyridine rings is 1. The highest BCUT2D eigenvalue weighted by atomic mass is 16.1. The van der Waals surface area contributed by atoms with Gasteiger partial charge in [-0.2, -0.15) is 0 Å². The monoisotopic (exact) mass is 211 g/mol. The van der Waals surface area contributed by atoms with E-state index in [-0.39, 0.29) is 5.69 Å². The van der Waals surface area contributed by atoms with E-state index in [2.05, 4.69) is 11.1 Å². The maximum Gasteiger partial charge on any atom is 0.267 e. The molecule has 0 atom stereocenters. The van der Waals surface area contributed by atoms with Crippen LogP contribution in [0.1, 0.15) is 16.1 Å². The summed E-state index contributed by atoms with van der Waals surface area (Å²) in [5.41, 5.74) is 8.33. The molecule has 1 amide bonds. The Balaban J connectivity index is 2.53. The van der Waals surface area contributed by atoms with E-state index in [0.29, 0.717) is 0 Å². The molecule has 2 N–H and O–H groups in total. The Morgan fingerprint density at radius 1 is 1.31 bits per heavy atom. The zero-order valence-electron chi connectivity index (χ0n) is 8.90. The summed E-state index contributed by atoms with van der Waals surface area (Å²) in [6.07, 6.45) is 1.57. The second kappa shape index (κ2) is 4.14. The summed E-state index contributed by atoms with van der Waals surface area (Å²) in [7, 11) is 0. The number of hydrogen-bond donors (Lipinski definition) is 1. The largest absolute Gasteiger partial charge is 0.364 e. The first-order chi connectivity index (χ1) is 7.68.